The van der Waals surface area contributed by atoms with E-state index in [1.807, 2.05) is 12.1 Å². The quantitative estimate of drug-likeness (QED) is 0.445. The molecule has 172 valence electrons. The summed E-state index contributed by atoms with van der Waals surface area (Å²) >= 11 is 0. The van der Waals surface area contributed by atoms with Crippen LogP contribution in [0, 0.1) is 5.82 Å². The van der Waals surface area contributed by atoms with Crippen LogP contribution in [0.25, 0.3) is 0 Å². The Morgan fingerprint density at radius 3 is 2.41 bits per heavy atom. The molecule has 1 saturated heterocycles. The van der Waals surface area contributed by atoms with Gasteiger partial charge in [0, 0.05) is 37.4 Å². The largest absolute Gasteiger partial charge is 0.371 e. The van der Waals surface area contributed by atoms with Crippen molar-refractivity contribution in [1.29, 1.82) is 0 Å². The second-order valence-corrected chi connectivity index (χ2v) is 8.45. The molecule has 1 aliphatic heterocycles. The first kappa shape index (κ1) is 23.8. The lowest BCUT2D eigenvalue weighted by Crippen LogP contribution is -2.27. The highest BCUT2D eigenvalue weighted by Gasteiger charge is 2.20. The molecule has 0 bridgehead atoms. The third kappa shape index (κ3) is 7.08. The molecule has 0 unspecified atom stereocenters. The molecule has 6 heteroatoms. The molecule has 2 aromatic carbocycles. The highest BCUT2D eigenvalue weighted by Crippen LogP contribution is 2.28. The van der Waals surface area contributed by atoms with E-state index in [0.717, 1.165) is 56.4 Å². The predicted octanol–water partition coefficient (Wildman–Crippen LogP) is 5.65. The zero-order valence-corrected chi connectivity index (χ0v) is 19.0. The van der Waals surface area contributed by atoms with Crippen LogP contribution in [0.3, 0.4) is 0 Å². The molecular weight excluding hydrogens is 405 g/mol. The third-order valence-electron chi connectivity index (χ3n) is 5.85. The lowest BCUT2D eigenvalue weighted by molar-refractivity contribution is -0.116. The second-order valence-electron chi connectivity index (χ2n) is 8.45. The van der Waals surface area contributed by atoms with Crippen molar-refractivity contribution in [3.63, 3.8) is 0 Å². The lowest BCUT2D eigenvalue weighted by atomic mass is 10.1. The van der Waals surface area contributed by atoms with Crippen molar-refractivity contribution in [3.05, 3.63) is 59.4 Å². The molecule has 0 spiro atoms. The van der Waals surface area contributed by atoms with Crippen molar-refractivity contribution in [1.82, 2.24) is 5.32 Å². The topological polar surface area (TPSA) is 61.4 Å². The summed E-state index contributed by atoms with van der Waals surface area (Å²) in [5.74, 6) is -0.523. The van der Waals surface area contributed by atoms with E-state index in [2.05, 4.69) is 22.5 Å². The maximum atomic E-state index is 13.1. The molecule has 5 nitrogen and oxygen atoms in total. The summed E-state index contributed by atoms with van der Waals surface area (Å²) in [6.45, 7) is 4.32. The van der Waals surface area contributed by atoms with Crippen molar-refractivity contribution < 1.29 is 14.0 Å². The third-order valence-corrected chi connectivity index (χ3v) is 5.85. The molecule has 32 heavy (non-hydrogen) atoms. The Kier molecular flexibility index (Phi) is 9.08. The second kappa shape index (κ2) is 12.2. The zero-order chi connectivity index (χ0) is 22.8. The minimum atomic E-state index is -0.301. The van der Waals surface area contributed by atoms with Gasteiger partial charge in [-0.15, -0.1) is 0 Å². The van der Waals surface area contributed by atoms with E-state index < -0.39 is 0 Å². The molecule has 0 aromatic heterocycles. The number of hydrogen-bond donors (Lipinski definition) is 2. The van der Waals surface area contributed by atoms with Crippen LogP contribution in [0.15, 0.2) is 42.5 Å². The van der Waals surface area contributed by atoms with Gasteiger partial charge in [0.25, 0.3) is 5.91 Å². The molecule has 1 heterocycles. The average molecular weight is 440 g/mol. The van der Waals surface area contributed by atoms with E-state index >= 15 is 0 Å². The molecule has 1 aliphatic rings. The summed E-state index contributed by atoms with van der Waals surface area (Å²) in [5.41, 5.74) is 2.90. The van der Waals surface area contributed by atoms with Gasteiger partial charge in [0.05, 0.1) is 5.56 Å². The Morgan fingerprint density at radius 2 is 1.69 bits per heavy atom. The van der Waals surface area contributed by atoms with Gasteiger partial charge >= 0.3 is 0 Å². The number of nitrogens with zero attached hydrogens (tertiary/aromatic N) is 1. The Labute approximate surface area is 190 Å². The summed E-state index contributed by atoms with van der Waals surface area (Å²) < 4.78 is 13.1. The van der Waals surface area contributed by atoms with Gasteiger partial charge in [-0.25, -0.2) is 4.39 Å². The van der Waals surface area contributed by atoms with Gasteiger partial charge in [0.2, 0.25) is 5.91 Å². The van der Waals surface area contributed by atoms with Crippen LogP contribution >= 0.6 is 0 Å². The van der Waals surface area contributed by atoms with Crippen molar-refractivity contribution in [2.75, 3.05) is 23.3 Å². The summed E-state index contributed by atoms with van der Waals surface area (Å²) in [4.78, 5) is 27.6. The molecule has 0 radical (unpaired) electrons. The minimum Gasteiger partial charge on any atom is -0.371 e. The summed E-state index contributed by atoms with van der Waals surface area (Å²) in [6.07, 6.45) is 8.18. The van der Waals surface area contributed by atoms with E-state index in [0.29, 0.717) is 24.2 Å². The van der Waals surface area contributed by atoms with Crippen molar-refractivity contribution in [2.45, 2.75) is 64.8 Å². The van der Waals surface area contributed by atoms with Crippen molar-refractivity contribution in [3.8, 4) is 0 Å². The van der Waals surface area contributed by atoms with Crippen LogP contribution in [-0.2, 0) is 11.3 Å². The number of anilines is 2. The first-order valence-corrected chi connectivity index (χ1v) is 11.8. The summed E-state index contributed by atoms with van der Waals surface area (Å²) in [5, 5.41) is 5.88. The number of nitrogens with one attached hydrogen (secondary N) is 2. The number of rotatable bonds is 11. The predicted molar refractivity (Wildman–Crippen MR) is 127 cm³/mol. The van der Waals surface area contributed by atoms with Crippen LogP contribution < -0.4 is 15.5 Å². The molecule has 3 rings (SSSR count). The summed E-state index contributed by atoms with van der Waals surface area (Å²) in [6, 6.07) is 11.7. The number of unbranched alkanes of at least 4 members (excludes halogenated alkanes) is 4. The van der Waals surface area contributed by atoms with E-state index in [4.69, 9.17) is 0 Å². The van der Waals surface area contributed by atoms with Gasteiger partial charge in [-0.1, -0.05) is 44.7 Å². The van der Waals surface area contributed by atoms with E-state index in [1.54, 1.807) is 18.2 Å². The molecule has 0 aliphatic carbocycles. The Hall–Kier alpha value is -2.89. The van der Waals surface area contributed by atoms with Gasteiger partial charge in [-0.3, -0.25) is 9.59 Å². The van der Waals surface area contributed by atoms with E-state index in [9.17, 15) is 14.0 Å². The molecule has 1 fully saturated rings. The normalized spacial score (nSPS) is 13.2. The van der Waals surface area contributed by atoms with Crippen LogP contribution in [0.5, 0.6) is 0 Å². The highest BCUT2D eigenvalue weighted by atomic mass is 19.1. The number of halogens is 1. The van der Waals surface area contributed by atoms with E-state index in [-0.39, 0.29) is 17.6 Å². The maximum Gasteiger partial charge on any atom is 0.253 e. The van der Waals surface area contributed by atoms with Gasteiger partial charge in [0.1, 0.15) is 5.82 Å². The average Bonchev–Trinajstić information content (AvgIpc) is 3.33. The molecule has 2 aromatic rings. The van der Waals surface area contributed by atoms with Crippen LogP contribution in [-0.4, -0.2) is 24.9 Å². The Morgan fingerprint density at radius 1 is 0.969 bits per heavy atom. The van der Waals surface area contributed by atoms with Gasteiger partial charge in [-0.2, -0.15) is 0 Å². The van der Waals surface area contributed by atoms with Crippen molar-refractivity contribution in [2.24, 2.45) is 0 Å². The SMILES string of the molecule is CCCCCCCC(=O)Nc1ccc(N2CCCC2)c(C(=O)NCc2ccc(F)cc2)c1. The lowest BCUT2D eigenvalue weighted by Gasteiger charge is -2.22. The monoisotopic (exact) mass is 439 g/mol. The van der Waals surface area contributed by atoms with Gasteiger partial charge in [-0.05, 0) is 55.2 Å². The van der Waals surface area contributed by atoms with Gasteiger partial charge < -0.3 is 15.5 Å². The Bertz CT molecular complexity index is 892. The molecule has 2 N–H and O–H groups in total. The van der Waals surface area contributed by atoms with Crippen molar-refractivity contribution >= 4 is 23.2 Å². The fourth-order valence-electron chi connectivity index (χ4n) is 4.02. The first-order valence-electron chi connectivity index (χ1n) is 11.8. The zero-order valence-electron chi connectivity index (χ0n) is 19.0. The highest BCUT2D eigenvalue weighted by molar-refractivity contribution is 6.02. The number of benzene rings is 2. The number of hydrogen-bond acceptors (Lipinski definition) is 3. The minimum absolute atomic E-state index is 0.0203. The van der Waals surface area contributed by atoms with Crippen LogP contribution in [0.1, 0.15) is 74.2 Å². The number of carbonyl (C=O) groups excluding carboxylic acids is 2. The van der Waals surface area contributed by atoms with E-state index in [1.165, 1.54) is 25.0 Å². The standard InChI is InChI=1S/C26H34FN3O2/c1-2-3-4-5-6-9-25(31)29-22-14-15-24(30-16-7-8-17-30)23(18-22)26(32)28-19-20-10-12-21(27)13-11-20/h10-15,18H,2-9,16-17,19H2,1H3,(H,28,32)(H,29,31). The molecule has 0 saturated carbocycles. The maximum absolute atomic E-state index is 13.1. The van der Waals surface area contributed by atoms with Crippen LogP contribution in [0.2, 0.25) is 0 Å². The molecule has 2 amide bonds. The van der Waals surface area contributed by atoms with Gasteiger partial charge in [0.15, 0.2) is 0 Å². The number of carbonyl (C=O) groups is 2. The Balaban J connectivity index is 1.66. The molecular formula is C26H34FN3O2. The first-order chi connectivity index (χ1) is 15.6. The fraction of sp³-hybridized carbons (Fsp3) is 0.462. The number of amides is 2. The fourth-order valence-corrected chi connectivity index (χ4v) is 4.02. The van der Waals surface area contributed by atoms with Crippen LogP contribution in [0.4, 0.5) is 15.8 Å². The summed E-state index contributed by atoms with van der Waals surface area (Å²) in [7, 11) is 0. The smallest absolute Gasteiger partial charge is 0.253 e. The molecule has 0 atom stereocenters.